The number of aliphatic carboxylic acids is 1. The summed E-state index contributed by atoms with van der Waals surface area (Å²) in [4.78, 5) is 13.0. The topological polar surface area (TPSA) is 49.8 Å². The van der Waals surface area contributed by atoms with E-state index in [0.717, 1.165) is 25.9 Å². The molecule has 0 saturated carbocycles. The number of hydrogen-bond acceptors (Lipinski definition) is 3. The number of carboxylic acid groups (broad SMARTS) is 1. The average Bonchev–Trinajstić information content (AvgIpc) is 2.67. The van der Waals surface area contributed by atoms with Crippen LogP contribution in [0.3, 0.4) is 0 Å². The molecule has 0 bridgehead atoms. The maximum Gasteiger partial charge on any atom is 0.304 e. The Labute approximate surface area is 161 Å². The van der Waals surface area contributed by atoms with E-state index in [0.29, 0.717) is 6.54 Å². The normalized spacial score (nSPS) is 16.0. The molecule has 0 aromatic heterocycles. The highest BCUT2D eigenvalue weighted by molar-refractivity contribution is 5.66. The molecule has 0 unspecified atom stereocenters. The van der Waals surface area contributed by atoms with Crippen LogP contribution >= 0.6 is 0 Å². The highest BCUT2D eigenvalue weighted by atomic mass is 16.5. The van der Waals surface area contributed by atoms with Gasteiger partial charge in [-0.3, -0.25) is 4.79 Å². The summed E-state index contributed by atoms with van der Waals surface area (Å²) in [5.41, 5.74) is 4.84. The van der Waals surface area contributed by atoms with Crippen LogP contribution in [-0.2, 0) is 9.53 Å². The van der Waals surface area contributed by atoms with E-state index in [-0.39, 0.29) is 18.6 Å². The predicted molar refractivity (Wildman–Crippen MR) is 107 cm³/mol. The molecule has 0 atom stereocenters. The minimum Gasteiger partial charge on any atom is -0.481 e. The second kappa shape index (κ2) is 9.16. The van der Waals surface area contributed by atoms with Crippen molar-refractivity contribution < 1.29 is 14.6 Å². The number of carbonyl (C=O) groups is 1. The molecule has 1 N–H and O–H groups in total. The Hall–Kier alpha value is -2.17. The van der Waals surface area contributed by atoms with Crippen LogP contribution in [0.2, 0.25) is 0 Å². The van der Waals surface area contributed by atoms with E-state index in [2.05, 4.69) is 67.3 Å². The van der Waals surface area contributed by atoms with Crippen molar-refractivity contribution in [2.24, 2.45) is 0 Å². The molecule has 4 nitrogen and oxygen atoms in total. The van der Waals surface area contributed by atoms with Gasteiger partial charge in [0.25, 0.3) is 0 Å². The lowest BCUT2D eigenvalue weighted by molar-refractivity contribution is -0.137. The summed E-state index contributed by atoms with van der Waals surface area (Å²) in [6, 6.07) is 17.2. The largest absolute Gasteiger partial charge is 0.481 e. The Morgan fingerprint density at radius 3 is 1.93 bits per heavy atom. The molecule has 1 fully saturated rings. The standard InChI is InChI=1S/C23H29NO3/c1-17-3-7-19(8-4-17)23(20-9-5-18(2)6-10-20)27-21-11-14-24(15-12-21)16-13-22(25)26/h3-10,21,23H,11-16H2,1-2H3,(H,25,26). The van der Waals surface area contributed by atoms with Gasteiger partial charge in [-0.05, 0) is 37.8 Å². The van der Waals surface area contributed by atoms with Gasteiger partial charge in [0, 0.05) is 19.6 Å². The fourth-order valence-electron chi connectivity index (χ4n) is 3.55. The van der Waals surface area contributed by atoms with Crippen molar-refractivity contribution in [1.29, 1.82) is 0 Å². The van der Waals surface area contributed by atoms with Crippen molar-refractivity contribution >= 4 is 5.97 Å². The molecule has 1 aliphatic rings. The molecular weight excluding hydrogens is 338 g/mol. The van der Waals surface area contributed by atoms with Gasteiger partial charge in [0.2, 0.25) is 0 Å². The molecule has 1 saturated heterocycles. The molecule has 1 heterocycles. The van der Waals surface area contributed by atoms with Crippen molar-refractivity contribution in [2.75, 3.05) is 19.6 Å². The fraction of sp³-hybridized carbons (Fsp3) is 0.435. The highest BCUT2D eigenvalue weighted by Crippen LogP contribution is 2.30. The van der Waals surface area contributed by atoms with E-state index in [1.165, 1.54) is 22.3 Å². The van der Waals surface area contributed by atoms with Crippen LogP contribution in [0.4, 0.5) is 0 Å². The number of benzene rings is 2. The Bertz CT molecular complexity index is 686. The summed E-state index contributed by atoms with van der Waals surface area (Å²) in [5, 5.41) is 8.85. The van der Waals surface area contributed by atoms with Crippen LogP contribution in [0.5, 0.6) is 0 Å². The molecule has 3 rings (SSSR count). The zero-order valence-electron chi connectivity index (χ0n) is 16.2. The summed E-state index contributed by atoms with van der Waals surface area (Å²) in [6.07, 6.45) is 2.21. The monoisotopic (exact) mass is 367 g/mol. The first-order chi connectivity index (χ1) is 13.0. The first kappa shape index (κ1) is 19.6. The van der Waals surface area contributed by atoms with Crippen molar-refractivity contribution in [2.45, 2.75) is 45.3 Å². The van der Waals surface area contributed by atoms with E-state index < -0.39 is 5.97 Å². The molecule has 1 aliphatic heterocycles. The summed E-state index contributed by atoms with van der Waals surface area (Å²) in [7, 11) is 0. The van der Waals surface area contributed by atoms with Crippen LogP contribution in [0.25, 0.3) is 0 Å². The predicted octanol–water partition coefficient (Wildman–Crippen LogP) is 4.35. The summed E-state index contributed by atoms with van der Waals surface area (Å²) in [5.74, 6) is -0.729. The third-order valence-electron chi connectivity index (χ3n) is 5.27. The second-order valence-electron chi connectivity index (χ2n) is 7.52. The lowest BCUT2D eigenvalue weighted by atomic mass is 9.98. The zero-order chi connectivity index (χ0) is 19.2. The van der Waals surface area contributed by atoms with Crippen LogP contribution in [0.15, 0.2) is 48.5 Å². The molecule has 4 heteroatoms. The molecule has 0 spiro atoms. The number of carboxylic acids is 1. The van der Waals surface area contributed by atoms with Gasteiger partial charge >= 0.3 is 5.97 Å². The number of aryl methyl sites for hydroxylation is 2. The quantitative estimate of drug-likeness (QED) is 0.790. The Balaban J connectivity index is 1.68. The molecule has 2 aromatic carbocycles. The maximum absolute atomic E-state index is 10.8. The van der Waals surface area contributed by atoms with Gasteiger partial charge < -0.3 is 14.7 Å². The molecule has 2 aromatic rings. The van der Waals surface area contributed by atoms with Crippen molar-refractivity contribution in [3.63, 3.8) is 0 Å². The Morgan fingerprint density at radius 1 is 1.00 bits per heavy atom. The lowest BCUT2D eigenvalue weighted by Crippen LogP contribution is -2.38. The lowest BCUT2D eigenvalue weighted by Gasteiger charge is -2.34. The SMILES string of the molecule is Cc1ccc(C(OC2CCN(CCC(=O)O)CC2)c2ccc(C)cc2)cc1. The van der Waals surface area contributed by atoms with Gasteiger partial charge in [0.15, 0.2) is 0 Å². The van der Waals surface area contributed by atoms with Crippen LogP contribution in [0, 0.1) is 13.8 Å². The first-order valence-corrected chi connectivity index (χ1v) is 9.74. The van der Waals surface area contributed by atoms with Crippen molar-refractivity contribution in [3.05, 3.63) is 70.8 Å². The molecule has 27 heavy (non-hydrogen) atoms. The number of ether oxygens (including phenoxy) is 1. The van der Waals surface area contributed by atoms with Gasteiger partial charge in [-0.25, -0.2) is 0 Å². The van der Waals surface area contributed by atoms with E-state index >= 15 is 0 Å². The molecule has 144 valence electrons. The number of likely N-dealkylation sites (tertiary alicyclic amines) is 1. The van der Waals surface area contributed by atoms with E-state index in [4.69, 9.17) is 9.84 Å². The van der Waals surface area contributed by atoms with Crippen LogP contribution in [0.1, 0.15) is 47.6 Å². The van der Waals surface area contributed by atoms with Gasteiger partial charge in [0.1, 0.15) is 6.10 Å². The van der Waals surface area contributed by atoms with Crippen LogP contribution < -0.4 is 0 Å². The van der Waals surface area contributed by atoms with Gasteiger partial charge in [-0.1, -0.05) is 59.7 Å². The van der Waals surface area contributed by atoms with Crippen molar-refractivity contribution in [3.8, 4) is 0 Å². The van der Waals surface area contributed by atoms with E-state index in [1.54, 1.807) is 0 Å². The molecule has 0 radical (unpaired) electrons. The summed E-state index contributed by atoms with van der Waals surface area (Å²) in [6.45, 7) is 6.61. The second-order valence-corrected chi connectivity index (χ2v) is 7.52. The number of piperidine rings is 1. The smallest absolute Gasteiger partial charge is 0.304 e. The molecular formula is C23H29NO3. The van der Waals surface area contributed by atoms with Crippen molar-refractivity contribution in [1.82, 2.24) is 4.90 Å². The third-order valence-corrected chi connectivity index (χ3v) is 5.27. The Kier molecular flexibility index (Phi) is 6.64. The number of hydrogen-bond donors (Lipinski definition) is 1. The first-order valence-electron chi connectivity index (χ1n) is 9.74. The van der Waals surface area contributed by atoms with E-state index in [1.807, 2.05) is 0 Å². The fourth-order valence-corrected chi connectivity index (χ4v) is 3.55. The van der Waals surface area contributed by atoms with Gasteiger partial charge in [-0.15, -0.1) is 0 Å². The van der Waals surface area contributed by atoms with Crippen LogP contribution in [-0.4, -0.2) is 41.7 Å². The third kappa shape index (κ3) is 5.65. The zero-order valence-corrected chi connectivity index (χ0v) is 16.2. The van der Waals surface area contributed by atoms with Gasteiger partial charge in [0.05, 0.1) is 12.5 Å². The molecule has 0 amide bonds. The maximum atomic E-state index is 10.8. The Morgan fingerprint density at radius 2 is 1.48 bits per heavy atom. The summed E-state index contributed by atoms with van der Waals surface area (Å²) < 4.78 is 6.57. The van der Waals surface area contributed by atoms with E-state index in [9.17, 15) is 4.79 Å². The number of nitrogens with zero attached hydrogens (tertiary/aromatic N) is 1. The average molecular weight is 367 g/mol. The number of rotatable bonds is 7. The van der Waals surface area contributed by atoms with Gasteiger partial charge in [-0.2, -0.15) is 0 Å². The molecule has 0 aliphatic carbocycles. The minimum atomic E-state index is -0.729. The highest BCUT2D eigenvalue weighted by Gasteiger charge is 2.25. The minimum absolute atomic E-state index is 0.0678. The summed E-state index contributed by atoms with van der Waals surface area (Å²) >= 11 is 0.